The van der Waals surface area contributed by atoms with E-state index in [2.05, 4.69) is 40.7 Å². The molecule has 3 aromatic carbocycles. The number of nitrogens with zero attached hydrogens (tertiary/aromatic N) is 2. The molecule has 2 N–H and O–H groups in total. The highest BCUT2D eigenvalue weighted by Crippen LogP contribution is 2.42. The molecule has 5 rings (SSSR count). The molecular formula is C29H28N4O2. The van der Waals surface area contributed by atoms with E-state index in [-0.39, 0.29) is 23.9 Å². The molecular weight excluding hydrogens is 436 g/mol. The average Bonchev–Trinajstić information content (AvgIpc) is 2.83. The molecule has 1 aliphatic rings. The summed E-state index contributed by atoms with van der Waals surface area (Å²) < 4.78 is 0. The Morgan fingerprint density at radius 2 is 1.74 bits per heavy atom. The summed E-state index contributed by atoms with van der Waals surface area (Å²) >= 11 is 0. The highest BCUT2D eigenvalue weighted by Gasteiger charge is 2.33. The SMILES string of the molecule is CC(=O)Nc1cccc(-c2ccc3c(c2)[C@H](Nc2cccc4ncccc24)C[C@H](C)N3C(C)=O)c1. The molecule has 0 radical (unpaired) electrons. The van der Waals surface area contributed by atoms with Gasteiger partial charge in [0.25, 0.3) is 0 Å². The fraction of sp³-hybridized carbons (Fsp3) is 0.207. The minimum atomic E-state index is -0.104. The first-order valence-corrected chi connectivity index (χ1v) is 11.8. The lowest BCUT2D eigenvalue weighted by Gasteiger charge is -2.40. The van der Waals surface area contributed by atoms with Crippen molar-refractivity contribution in [2.24, 2.45) is 0 Å². The number of hydrogen-bond donors (Lipinski definition) is 2. The lowest BCUT2D eigenvalue weighted by atomic mass is 9.88. The first-order valence-electron chi connectivity index (χ1n) is 11.8. The number of hydrogen-bond acceptors (Lipinski definition) is 4. The largest absolute Gasteiger partial charge is 0.378 e. The normalized spacial score (nSPS) is 17.1. The van der Waals surface area contributed by atoms with E-state index in [1.54, 1.807) is 13.1 Å². The number of fused-ring (bicyclic) bond motifs is 2. The van der Waals surface area contributed by atoms with Crippen molar-refractivity contribution in [3.05, 3.63) is 84.6 Å². The molecule has 4 aromatic rings. The van der Waals surface area contributed by atoms with E-state index >= 15 is 0 Å². The number of pyridine rings is 1. The molecule has 0 saturated heterocycles. The molecule has 2 heterocycles. The third-order valence-corrected chi connectivity index (χ3v) is 6.51. The van der Waals surface area contributed by atoms with Crippen molar-refractivity contribution < 1.29 is 9.59 Å². The molecule has 1 aliphatic heterocycles. The Kier molecular flexibility index (Phi) is 5.95. The second-order valence-corrected chi connectivity index (χ2v) is 9.08. The number of benzene rings is 3. The van der Waals surface area contributed by atoms with Crippen LogP contribution in [0.4, 0.5) is 17.1 Å². The third-order valence-electron chi connectivity index (χ3n) is 6.51. The zero-order valence-corrected chi connectivity index (χ0v) is 20.1. The van der Waals surface area contributed by atoms with Gasteiger partial charge in [-0.1, -0.05) is 24.3 Å². The van der Waals surface area contributed by atoms with Gasteiger partial charge in [-0.15, -0.1) is 0 Å². The Morgan fingerprint density at radius 1 is 0.943 bits per heavy atom. The maximum atomic E-state index is 12.6. The van der Waals surface area contributed by atoms with Gasteiger partial charge in [-0.3, -0.25) is 14.6 Å². The Morgan fingerprint density at radius 3 is 2.54 bits per heavy atom. The van der Waals surface area contributed by atoms with E-state index in [9.17, 15) is 9.59 Å². The highest BCUT2D eigenvalue weighted by molar-refractivity contribution is 5.95. The van der Waals surface area contributed by atoms with Crippen molar-refractivity contribution in [1.82, 2.24) is 4.98 Å². The van der Waals surface area contributed by atoms with Crippen LogP contribution in [0.25, 0.3) is 22.0 Å². The Hall–Kier alpha value is -4.19. The van der Waals surface area contributed by atoms with Crippen molar-refractivity contribution in [2.45, 2.75) is 39.3 Å². The second kappa shape index (κ2) is 9.22. The standard InChI is InChI=1S/C29H28N4O2/c1-18-15-28(32-27-11-5-10-26-24(27)9-6-14-30-26)25-17-22(12-13-29(25)33(18)20(3)35)21-7-4-8-23(16-21)31-19(2)34/h4-14,16-18,28,32H,15H2,1-3H3,(H,31,34)/t18-,28+/m0/s1. The fourth-order valence-corrected chi connectivity index (χ4v) is 5.06. The molecule has 0 bridgehead atoms. The van der Waals surface area contributed by atoms with Crippen LogP contribution in [0.15, 0.2) is 79.0 Å². The molecule has 1 aromatic heterocycles. The van der Waals surface area contributed by atoms with Crippen molar-refractivity contribution in [3.8, 4) is 11.1 Å². The van der Waals surface area contributed by atoms with Crippen LogP contribution in [0.3, 0.4) is 0 Å². The van der Waals surface area contributed by atoms with Crippen LogP contribution in [0, 0.1) is 0 Å². The average molecular weight is 465 g/mol. The molecule has 0 saturated carbocycles. The fourth-order valence-electron chi connectivity index (χ4n) is 5.06. The minimum Gasteiger partial charge on any atom is -0.378 e. The van der Waals surface area contributed by atoms with E-state index < -0.39 is 0 Å². The lowest BCUT2D eigenvalue weighted by Crippen LogP contribution is -2.43. The Balaban J connectivity index is 1.59. The van der Waals surface area contributed by atoms with Gasteiger partial charge in [0.2, 0.25) is 11.8 Å². The Bertz CT molecular complexity index is 1430. The molecule has 0 fully saturated rings. The molecule has 0 unspecified atom stereocenters. The van der Waals surface area contributed by atoms with Crippen LogP contribution in [0.5, 0.6) is 0 Å². The summed E-state index contributed by atoms with van der Waals surface area (Å²) in [5, 5.41) is 7.67. The highest BCUT2D eigenvalue weighted by atomic mass is 16.2. The minimum absolute atomic E-state index is 0.0138. The first-order chi connectivity index (χ1) is 16.9. The summed E-state index contributed by atoms with van der Waals surface area (Å²) in [7, 11) is 0. The van der Waals surface area contributed by atoms with Gasteiger partial charge in [-0.2, -0.15) is 0 Å². The maximum Gasteiger partial charge on any atom is 0.224 e. The summed E-state index contributed by atoms with van der Waals surface area (Å²) in [6, 6.07) is 24.2. The first kappa shape index (κ1) is 22.6. The van der Waals surface area contributed by atoms with Gasteiger partial charge < -0.3 is 15.5 Å². The molecule has 0 spiro atoms. The molecule has 2 amide bonds. The lowest BCUT2D eigenvalue weighted by molar-refractivity contribution is -0.117. The topological polar surface area (TPSA) is 74.3 Å². The molecule has 2 atom stereocenters. The van der Waals surface area contributed by atoms with Crippen LogP contribution >= 0.6 is 0 Å². The van der Waals surface area contributed by atoms with E-state index in [0.29, 0.717) is 0 Å². The number of carbonyl (C=O) groups excluding carboxylic acids is 2. The quantitative estimate of drug-likeness (QED) is 0.379. The number of anilines is 3. The maximum absolute atomic E-state index is 12.6. The number of nitrogens with one attached hydrogen (secondary N) is 2. The molecule has 176 valence electrons. The number of carbonyl (C=O) groups is 2. The Labute approximate surface area is 205 Å². The van der Waals surface area contributed by atoms with Crippen molar-refractivity contribution in [1.29, 1.82) is 0 Å². The van der Waals surface area contributed by atoms with E-state index in [0.717, 1.165) is 51.1 Å². The second-order valence-electron chi connectivity index (χ2n) is 9.08. The number of rotatable bonds is 4. The predicted molar refractivity (Wildman–Crippen MR) is 142 cm³/mol. The van der Waals surface area contributed by atoms with Crippen molar-refractivity contribution >= 4 is 39.8 Å². The van der Waals surface area contributed by atoms with E-state index in [1.165, 1.54) is 6.92 Å². The van der Waals surface area contributed by atoms with E-state index in [1.807, 2.05) is 59.5 Å². The van der Waals surface area contributed by atoms with Crippen LogP contribution in [0.2, 0.25) is 0 Å². The van der Waals surface area contributed by atoms with Gasteiger partial charge >= 0.3 is 0 Å². The smallest absolute Gasteiger partial charge is 0.224 e. The van der Waals surface area contributed by atoms with Gasteiger partial charge in [-0.25, -0.2) is 0 Å². The van der Waals surface area contributed by atoms with Crippen LogP contribution in [0.1, 0.15) is 38.8 Å². The summed E-state index contributed by atoms with van der Waals surface area (Å²) in [6.45, 7) is 5.21. The molecule has 6 heteroatoms. The van der Waals surface area contributed by atoms with Crippen LogP contribution < -0.4 is 15.5 Å². The monoisotopic (exact) mass is 464 g/mol. The molecule has 0 aliphatic carbocycles. The summed E-state index contributed by atoms with van der Waals surface area (Å²) in [6.07, 6.45) is 2.58. The number of amides is 2. The van der Waals surface area contributed by atoms with E-state index in [4.69, 9.17) is 0 Å². The van der Waals surface area contributed by atoms with Crippen molar-refractivity contribution in [3.63, 3.8) is 0 Å². The van der Waals surface area contributed by atoms with Gasteiger partial charge in [0, 0.05) is 48.5 Å². The van der Waals surface area contributed by atoms with Gasteiger partial charge in [0.15, 0.2) is 0 Å². The zero-order chi connectivity index (χ0) is 24.5. The summed E-state index contributed by atoms with van der Waals surface area (Å²) in [5.41, 5.74) is 6.74. The number of aromatic nitrogens is 1. The third kappa shape index (κ3) is 4.47. The molecule has 6 nitrogen and oxygen atoms in total. The predicted octanol–water partition coefficient (Wildman–Crippen LogP) is 6.16. The van der Waals surface area contributed by atoms with Gasteiger partial charge in [0.1, 0.15) is 0 Å². The zero-order valence-electron chi connectivity index (χ0n) is 20.1. The summed E-state index contributed by atoms with van der Waals surface area (Å²) in [5.74, 6) is -0.0699. The van der Waals surface area contributed by atoms with Crippen LogP contribution in [-0.2, 0) is 9.59 Å². The van der Waals surface area contributed by atoms with Gasteiger partial charge in [-0.05, 0) is 78.6 Å². The summed E-state index contributed by atoms with van der Waals surface area (Å²) in [4.78, 5) is 30.5. The molecule has 35 heavy (non-hydrogen) atoms. The van der Waals surface area contributed by atoms with Crippen molar-refractivity contribution in [2.75, 3.05) is 15.5 Å². The van der Waals surface area contributed by atoms with Crippen LogP contribution in [-0.4, -0.2) is 22.8 Å². The van der Waals surface area contributed by atoms with Gasteiger partial charge in [0.05, 0.1) is 11.6 Å².